The minimum atomic E-state index is -2.63. The van der Waals surface area contributed by atoms with Gasteiger partial charge in [0.15, 0.2) is 0 Å². The predicted molar refractivity (Wildman–Crippen MR) is 109 cm³/mol. The highest BCUT2D eigenvalue weighted by Crippen LogP contribution is 2.54. The standard InChI is InChI=1S/C19H22F2N4OS2/c1-4-25-8-6-11-13(18(23-10(3)26)28-16(11)9(25)2)19-24-14-12(27-19)5-7-22-15(14)17(20)21/h5,7,9,17,19,24H,4,6,8H2,1-3H3,(H,23,26). The van der Waals surface area contributed by atoms with Gasteiger partial charge in [-0.25, -0.2) is 8.78 Å². The smallest absolute Gasteiger partial charge is 0.282 e. The Labute approximate surface area is 170 Å². The van der Waals surface area contributed by atoms with Crippen LogP contribution in [-0.2, 0) is 11.2 Å². The van der Waals surface area contributed by atoms with Crippen LogP contribution < -0.4 is 10.6 Å². The number of carbonyl (C=O) groups is 1. The van der Waals surface area contributed by atoms with Gasteiger partial charge in [0, 0.05) is 41.0 Å². The summed E-state index contributed by atoms with van der Waals surface area (Å²) in [6.07, 6.45) is -0.323. The molecule has 0 fully saturated rings. The summed E-state index contributed by atoms with van der Waals surface area (Å²) in [5.74, 6) is -0.129. The molecule has 2 aromatic rings. The molecule has 2 N–H and O–H groups in total. The van der Waals surface area contributed by atoms with Gasteiger partial charge in [0.25, 0.3) is 6.43 Å². The van der Waals surface area contributed by atoms with E-state index in [2.05, 4.69) is 34.4 Å². The van der Waals surface area contributed by atoms with Crippen molar-refractivity contribution in [3.63, 3.8) is 0 Å². The van der Waals surface area contributed by atoms with Gasteiger partial charge in [0.1, 0.15) is 16.1 Å². The molecular formula is C19H22F2N4OS2. The number of hydrogen-bond acceptors (Lipinski definition) is 6. The summed E-state index contributed by atoms with van der Waals surface area (Å²) in [6.45, 7) is 7.74. The topological polar surface area (TPSA) is 57.3 Å². The van der Waals surface area contributed by atoms with Gasteiger partial charge in [-0.3, -0.25) is 14.7 Å². The minimum absolute atomic E-state index is 0.129. The van der Waals surface area contributed by atoms with Gasteiger partial charge >= 0.3 is 0 Å². The van der Waals surface area contributed by atoms with Crippen LogP contribution in [0.3, 0.4) is 0 Å². The summed E-state index contributed by atoms with van der Waals surface area (Å²) in [6, 6.07) is 2.03. The number of carbonyl (C=O) groups excluding carboxylic acids is 1. The van der Waals surface area contributed by atoms with E-state index in [9.17, 15) is 13.6 Å². The van der Waals surface area contributed by atoms with E-state index >= 15 is 0 Å². The van der Waals surface area contributed by atoms with Gasteiger partial charge in [-0.15, -0.1) is 11.3 Å². The van der Waals surface area contributed by atoms with Gasteiger partial charge in [-0.05, 0) is 31.5 Å². The van der Waals surface area contributed by atoms with Crippen molar-refractivity contribution in [1.29, 1.82) is 0 Å². The maximum Gasteiger partial charge on any atom is 0.282 e. The number of aromatic nitrogens is 1. The van der Waals surface area contributed by atoms with Crippen molar-refractivity contribution in [3.05, 3.63) is 34.0 Å². The summed E-state index contributed by atoms with van der Waals surface area (Å²) in [5.41, 5.74) is 2.43. The average molecular weight is 425 g/mol. The first-order chi connectivity index (χ1) is 13.4. The lowest BCUT2D eigenvalue weighted by Crippen LogP contribution is -2.33. The Hall–Kier alpha value is -1.71. The van der Waals surface area contributed by atoms with Crippen LogP contribution in [0.4, 0.5) is 19.5 Å². The van der Waals surface area contributed by atoms with Crippen molar-refractivity contribution in [3.8, 4) is 0 Å². The number of thioether (sulfide) groups is 1. The molecule has 9 heteroatoms. The number of anilines is 2. The third-order valence-electron chi connectivity index (χ3n) is 5.28. The summed E-state index contributed by atoms with van der Waals surface area (Å²) in [7, 11) is 0. The Bertz CT molecular complexity index is 918. The van der Waals surface area contributed by atoms with E-state index in [1.165, 1.54) is 35.3 Å². The average Bonchev–Trinajstić information content (AvgIpc) is 3.22. The maximum absolute atomic E-state index is 13.4. The van der Waals surface area contributed by atoms with Crippen LogP contribution in [0, 0.1) is 0 Å². The van der Waals surface area contributed by atoms with E-state index in [0.29, 0.717) is 5.69 Å². The third-order valence-corrected chi connectivity index (χ3v) is 7.80. The van der Waals surface area contributed by atoms with Crippen LogP contribution in [0.15, 0.2) is 17.2 Å². The van der Waals surface area contributed by atoms with E-state index in [0.717, 1.165) is 35.0 Å². The predicted octanol–water partition coefficient (Wildman–Crippen LogP) is 5.19. The van der Waals surface area contributed by atoms with Gasteiger partial charge in [-0.2, -0.15) is 0 Å². The maximum atomic E-state index is 13.4. The molecule has 1 amide bonds. The van der Waals surface area contributed by atoms with Crippen molar-refractivity contribution in [1.82, 2.24) is 9.88 Å². The molecule has 4 rings (SSSR count). The number of amides is 1. The minimum Gasteiger partial charge on any atom is -0.367 e. The summed E-state index contributed by atoms with van der Waals surface area (Å²) in [5, 5.41) is 6.81. The van der Waals surface area contributed by atoms with Crippen LogP contribution in [0.5, 0.6) is 0 Å². The van der Waals surface area contributed by atoms with Crippen molar-refractivity contribution >= 4 is 39.7 Å². The fourth-order valence-electron chi connectivity index (χ4n) is 3.96. The number of rotatable bonds is 4. The molecule has 2 aromatic heterocycles. The molecule has 2 atom stereocenters. The van der Waals surface area contributed by atoms with Crippen LogP contribution >= 0.6 is 23.1 Å². The molecule has 150 valence electrons. The second kappa shape index (κ2) is 7.61. The first kappa shape index (κ1) is 19.6. The summed E-state index contributed by atoms with van der Waals surface area (Å²) >= 11 is 3.11. The molecule has 0 saturated carbocycles. The largest absolute Gasteiger partial charge is 0.367 e. The van der Waals surface area contributed by atoms with E-state index < -0.39 is 6.43 Å². The second-order valence-corrected chi connectivity index (χ2v) is 9.13. The Morgan fingerprint density at radius 1 is 1.50 bits per heavy atom. The van der Waals surface area contributed by atoms with Gasteiger partial charge in [0.05, 0.1) is 5.69 Å². The number of thiophene rings is 1. The third kappa shape index (κ3) is 3.29. The lowest BCUT2D eigenvalue weighted by atomic mass is 9.98. The first-order valence-electron chi connectivity index (χ1n) is 9.28. The van der Waals surface area contributed by atoms with Gasteiger partial charge in [0.2, 0.25) is 5.91 Å². The van der Waals surface area contributed by atoms with Gasteiger partial charge < -0.3 is 10.6 Å². The first-order valence-corrected chi connectivity index (χ1v) is 11.0. The zero-order valence-electron chi connectivity index (χ0n) is 15.9. The molecular weight excluding hydrogens is 402 g/mol. The Morgan fingerprint density at radius 3 is 2.96 bits per heavy atom. The molecule has 0 radical (unpaired) electrons. The monoisotopic (exact) mass is 424 g/mol. The zero-order chi connectivity index (χ0) is 20.0. The Balaban J connectivity index is 1.76. The number of hydrogen-bond donors (Lipinski definition) is 2. The number of pyridine rings is 1. The Morgan fingerprint density at radius 2 is 2.29 bits per heavy atom. The van der Waals surface area contributed by atoms with Crippen LogP contribution in [0.2, 0.25) is 0 Å². The van der Waals surface area contributed by atoms with Crippen LogP contribution in [-0.4, -0.2) is 28.9 Å². The van der Waals surface area contributed by atoms with Crippen LogP contribution in [0.25, 0.3) is 0 Å². The summed E-state index contributed by atoms with van der Waals surface area (Å²) < 4.78 is 26.8. The van der Waals surface area contributed by atoms with Crippen molar-refractivity contribution in [2.45, 2.75) is 49.9 Å². The fourth-order valence-corrected chi connectivity index (χ4v) is 6.68. The Kier molecular flexibility index (Phi) is 5.32. The quantitative estimate of drug-likeness (QED) is 0.707. The number of alkyl halides is 2. The molecule has 2 unspecified atom stereocenters. The zero-order valence-corrected chi connectivity index (χ0v) is 17.5. The number of nitrogens with one attached hydrogen (secondary N) is 2. The lowest BCUT2D eigenvalue weighted by molar-refractivity contribution is -0.114. The molecule has 0 aliphatic carbocycles. The molecule has 28 heavy (non-hydrogen) atoms. The van der Waals surface area contributed by atoms with Gasteiger partial charge in [-0.1, -0.05) is 18.7 Å². The number of fused-ring (bicyclic) bond motifs is 2. The van der Waals surface area contributed by atoms with Crippen molar-refractivity contribution in [2.75, 3.05) is 23.7 Å². The fraction of sp³-hybridized carbons (Fsp3) is 0.474. The molecule has 0 spiro atoms. The molecule has 2 aliphatic heterocycles. The summed E-state index contributed by atoms with van der Waals surface area (Å²) in [4.78, 5) is 20.1. The van der Waals surface area contributed by atoms with E-state index in [-0.39, 0.29) is 23.0 Å². The molecule has 0 aromatic carbocycles. The van der Waals surface area contributed by atoms with Crippen molar-refractivity contribution in [2.24, 2.45) is 0 Å². The number of halogens is 2. The van der Waals surface area contributed by atoms with E-state index in [4.69, 9.17) is 0 Å². The lowest BCUT2D eigenvalue weighted by Gasteiger charge is -2.33. The number of likely N-dealkylation sites (N-methyl/N-ethyl adjacent to an activating group) is 1. The molecule has 0 saturated heterocycles. The highest BCUT2D eigenvalue weighted by atomic mass is 32.2. The molecule has 2 aliphatic rings. The SMILES string of the molecule is CCN1CCc2c(sc(NC(C)=O)c2C2Nc3c(ccnc3C(F)F)S2)C1C. The highest BCUT2D eigenvalue weighted by molar-refractivity contribution is 8.00. The normalized spacial score (nSPS) is 21.4. The van der Waals surface area contributed by atoms with E-state index in [1.54, 1.807) is 17.4 Å². The molecule has 5 nitrogen and oxygen atoms in total. The highest BCUT2D eigenvalue weighted by Gasteiger charge is 2.36. The molecule has 4 heterocycles. The van der Waals surface area contributed by atoms with Crippen molar-refractivity contribution < 1.29 is 13.6 Å². The number of nitrogens with zero attached hydrogens (tertiary/aromatic N) is 2. The van der Waals surface area contributed by atoms with Crippen LogP contribution in [0.1, 0.15) is 60.3 Å². The molecule has 0 bridgehead atoms. The van der Waals surface area contributed by atoms with E-state index in [1.807, 2.05) is 0 Å². The second-order valence-electron chi connectivity index (χ2n) is 6.94.